The fourth-order valence-corrected chi connectivity index (χ4v) is 3.27. The highest BCUT2D eigenvalue weighted by molar-refractivity contribution is 5.37. The number of quaternary nitrogens is 1. The Morgan fingerprint density at radius 2 is 1.42 bits per heavy atom. The number of ether oxygens (including phenoxy) is 2. The van der Waals surface area contributed by atoms with Crippen LogP contribution in [0.5, 0.6) is 0 Å². The third-order valence-electron chi connectivity index (χ3n) is 4.21. The van der Waals surface area contributed by atoms with Gasteiger partial charge < -0.3 is 37.9 Å². The molecular formula is C20H26INO2. The molecule has 2 aromatic carbocycles. The molecule has 0 amide bonds. The molecule has 0 aromatic heterocycles. The largest absolute Gasteiger partial charge is 1.00 e. The maximum absolute atomic E-state index is 6.68. The SMILES string of the molecule is C[N+](C)(C)CC1COCC(c2ccccc2)(c2ccccc2)O1.[I-]. The molecule has 3 rings (SSSR count). The van der Waals surface area contributed by atoms with Crippen molar-refractivity contribution in [3.8, 4) is 0 Å². The molecule has 130 valence electrons. The van der Waals surface area contributed by atoms with E-state index in [0.29, 0.717) is 13.2 Å². The van der Waals surface area contributed by atoms with E-state index in [1.54, 1.807) is 0 Å². The fourth-order valence-electron chi connectivity index (χ4n) is 3.27. The van der Waals surface area contributed by atoms with Crippen LogP contribution in [-0.2, 0) is 15.1 Å². The Labute approximate surface area is 162 Å². The van der Waals surface area contributed by atoms with E-state index >= 15 is 0 Å². The minimum atomic E-state index is -0.527. The lowest BCUT2D eigenvalue weighted by molar-refractivity contribution is -0.874. The summed E-state index contributed by atoms with van der Waals surface area (Å²) in [5.41, 5.74) is 1.77. The van der Waals surface area contributed by atoms with Gasteiger partial charge in [0.25, 0.3) is 0 Å². The highest BCUT2D eigenvalue weighted by Gasteiger charge is 2.42. The summed E-state index contributed by atoms with van der Waals surface area (Å²) in [6, 6.07) is 20.8. The van der Waals surface area contributed by atoms with Gasteiger partial charge in [0.2, 0.25) is 0 Å². The average molecular weight is 439 g/mol. The molecule has 1 aliphatic heterocycles. The lowest BCUT2D eigenvalue weighted by atomic mass is 9.86. The Hall–Kier alpha value is -0.950. The van der Waals surface area contributed by atoms with Crippen LogP contribution in [-0.4, -0.2) is 51.5 Å². The van der Waals surface area contributed by atoms with Gasteiger partial charge in [0.05, 0.1) is 34.4 Å². The number of nitrogens with zero attached hydrogens (tertiary/aromatic N) is 1. The van der Waals surface area contributed by atoms with E-state index in [4.69, 9.17) is 9.47 Å². The van der Waals surface area contributed by atoms with Gasteiger partial charge in [0.15, 0.2) is 0 Å². The quantitative estimate of drug-likeness (QED) is 0.496. The smallest absolute Gasteiger partial charge is 0.142 e. The van der Waals surface area contributed by atoms with Crippen molar-refractivity contribution in [1.29, 1.82) is 0 Å². The third kappa shape index (κ3) is 4.36. The Balaban J connectivity index is 0.00000208. The second-order valence-corrected chi connectivity index (χ2v) is 7.29. The summed E-state index contributed by atoms with van der Waals surface area (Å²) in [4.78, 5) is 0. The predicted octanol–water partition coefficient (Wildman–Crippen LogP) is 0.0558. The molecule has 0 aliphatic carbocycles. The number of halogens is 1. The van der Waals surface area contributed by atoms with Crippen LogP contribution in [0.1, 0.15) is 11.1 Å². The van der Waals surface area contributed by atoms with Crippen LogP contribution in [0.25, 0.3) is 0 Å². The van der Waals surface area contributed by atoms with Gasteiger partial charge in [-0.2, -0.15) is 0 Å². The molecule has 4 heteroatoms. The molecule has 0 N–H and O–H groups in total. The van der Waals surface area contributed by atoms with E-state index in [-0.39, 0.29) is 30.1 Å². The first-order chi connectivity index (χ1) is 11.0. The molecule has 24 heavy (non-hydrogen) atoms. The molecule has 1 unspecified atom stereocenters. The molecule has 1 heterocycles. The standard InChI is InChI=1S/C20H26NO2.HI/c1-21(2,3)14-19-15-22-16-20(23-19,17-10-6-4-7-11-17)18-12-8-5-9-13-18;/h4-13,19H,14-16H2,1-3H3;1H/q+1;/p-1. The van der Waals surface area contributed by atoms with Crippen molar-refractivity contribution in [3.05, 3.63) is 71.8 Å². The Morgan fingerprint density at radius 1 is 0.917 bits per heavy atom. The predicted molar refractivity (Wildman–Crippen MR) is 92.3 cm³/mol. The fraction of sp³-hybridized carbons (Fsp3) is 0.400. The van der Waals surface area contributed by atoms with Gasteiger partial charge in [-0.3, -0.25) is 0 Å². The second kappa shape index (κ2) is 7.95. The summed E-state index contributed by atoms with van der Waals surface area (Å²) < 4.78 is 13.6. The van der Waals surface area contributed by atoms with Crippen molar-refractivity contribution in [2.45, 2.75) is 11.7 Å². The van der Waals surface area contributed by atoms with E-state index in [0.717, 1.165) is 22.2 Å². The van der Waals surface area contributed by atoms with Crippen molar-refractivity contribution < 1.29 is 37.9 Å². The first-order valence-electron chi connectivity index (χ1n) is 8.17. The van der Waals surface area contributed by atoms with Gasteiger partial charge in [-0.25, -0.2) is 0 Å². The molecule has 3 nitrogen and oxygen atoms in total. The minimum Gasteiger partial charge on any atom is -1.00 e. The monoisotopic (exact) mass is 439 g/mol. The summed E-state index contributed by atoms with van der Waals surface area (Å²) in [5.74, 6) is 0. The van der Waals surface area contributed by atoms with Crippen LogP contribution in [0, 0.1) is 0 Å². The molecule has 1 saturated heterocycles. The minimum absolute atomic E-state index is 0. The lowest BCUT2D eigenvalue weighted by Gasteiger charge is -2.43. The van der Waals surface area contributed by atoms with E-state index in [9.17, 15) is 0 Å². The normalized spacial score (nSPS) is 20.2. The van der Waals surface area contributed by atoms with Crippen molar-refractivity contribution >= 4 is 0 Å². The average Bonchev–Trinajstić information content (AvgIpc) is 2.55. The maximum Gasteiger partial charge on any atom is 0.142 e. The molecular weight excluding hydrogens is 413 g/mol. The zero-order valence-electron chi connectivity index (χ0n) is 14.6. The molecule has 0 bridgehead atoms. The summed E-state index contributed by atoms with van der Waals surface area (Å²) >= 11 is 0. The van der Waals surface area contributed by atoms with Crippen LogP contribution in [0.2, 0.25) is 0 Å². The lowest BCUT2D eigenvalue weighted by Crippen LogP contribution is -3.00. The van der Waals surface area contributed by atoms with Gasteiger partial charge in [0.1, 0.15) is 18.2 Å². The molecule has 0 radical (unpaired) electrons. The van der Waals surface area contributed by atoms with Crippen LogP contribution in [0.4, 0.5) is 0 Å². The van der Waals surface area contributed by atoms with Crippen LogP contribution in [0.15, 0.2) is 60.7 Å². The Kier molecular flexibility index (Phi) is 6.42. The topological polar surface area (TPSA) is 18.5 Å². The van der Waals surface area contributed by atoms with Crippen molar-refractivity contribution in [3.63, 3.8) is 0 Å². The third-order valence-corrected chi connectivity index (χ3v) is 4.21. The van der Waals surface area contributed by atoms with E-state index in [1.165, 1.54) is 0 Å². The first kappa shape index (κ1) is 19.4. The van der Waals surface area contributed by atoms with E-state index in [2.05, 4.69) is 69.7 Å². The van der Waals surface area contributed by atoms with E-state index < -0.39 is 5.60 Å². The summed E-state index contributed by atoms with van der Waals surface area (Å²) in [7, 11) is 6.56. The molecule has 0 spiro atoms. The molecule has 2 aromatic rings. The summed E-state index contributed by atoms with van der Waals surface area (Å²) in [6.07, 6.45) is 0.0733. The number of hydrogen-bond acceptors (Lipinski definition) is 2. The van der Waals surface area contributed by atoms with Gasteiger partial charge in [-0.1, -0.05) is 60.7 Å². The van der Waals surface area contributed by atoms with Gasteiger partial charge in [-0.15, -0.1) is 0 Å². The van der Waals surface area contributed by atoms with E-state index in [1.807, 2.05) is 12.1 Å². The van der Waals surface area contributed by atoms with Crippen LogP contribution < -0.4 is 24.0 Å². The van der Waals surface area contributed by atoms with Crippen LogP contribution >= 0.6 is 0 Å². The molecule has 1 fully saturated rings. The molecule has 0 saturated carbocycles. The number of benzene rings is 2. The number of likely N-dealkylation sites (N-methyl/N-ethyl adjacent to an activating group) is 1. The van der Waals surface area contributed by atoms with Crippen LogP contribution in [0.3, 0.4) is 0 Å². The van der Waals surface area contributed by atoms with Crippen molar-refractivity contribution in [1.82, 2.24) is 0 Å². The van der Waals surface area contributed by atoms with Gasteiger partial charge in [0, 0.05) is 0 Å². The highest BCUT2D eigenvalue weighted by Crippen LogP contribution is 2.38. The van der Waals surface area contributed by atoms with Gasteiger partial charge in [-0.05, 0) is 11.1 Å². The number of rotatable bonds is 4. The van der Waals surface area contributed by atoms with Crippen molar-refractivity contribution in [2.24, 2.45) is 0 Å². The second-order valence-electron chi connectivity index (χ2n) is 7.29. The summed E-state index contributed by atoms with van der Waals surface area (Å²) in [5, 5.41) is 0. The summed E-state index contributed by atoms with van der Waals surface area (Å²) in [6.45, 7) is 2.12. The van der Waals surface area contributed by atoms with Gasteiger partial charge >= 0.3 is 0 Å². The Bertz CT molecular complexity index is 586. The molecule has 1 atom stereocenters. The zero-order chi connectivity index (χ0) is 16.3. The van der Waals surface area contributed by atoms with Crippen molar-refractivity contribution in [2.75, 3.05) is 40.9 Å². The first-order valence-corrected chi connectivity index (χ1v) is 8.17. The number of hydrogen-bond donors (Lipinski definition) is 0. The zero-order valence-corrected chi connectivity index (χ0v) is 16.8. The highest BCUT2D eigenvalue weighted by atomic mass is 127. The maximum atomic E-state index is 6.68. The Morgan fingerprint density at radius 3 is 1.88 bits per heavy atom. The molecule has 1 aliphatic rings.